The van der Waals surface area contributed by atoms with Gasteiger partial charge in [-0.3, -0.25) is 0 Å². The summed E-state index contributed by atoms with van der Waals surface area (Å²) in [6, 6.07) is 6.45. The number of ether oxygens (including phenoxy) is 1. The Labute approximate surface area is 97.8 Å². The Morgan fingerprint density at radius 3 is 2.69 bits per heavy atom. The first-order valence-electron chi connectivity index (χ1n) is 6.02. The van der Waals surface area contributed by atoms with Gasteiger partial charge in [0, 0.05) is 5.56 Å². The number of hydrogen-bond donors (Lipinski definition) is 1. The molecule has 1 aromatic carbocycles. The van der Waals surface area contributed by atoms with E-state index in [1.165, 1.54) is 5.56 Å². The van der Waals surface area contributed by atoms with Crippen LogP contribution < -0.4 is 10.5 Å². The molecular weight excluding hydrogens is 198 g/mol. The van der Waals surface area contributed by atoms with Gasteiger partial charge in [-0.25, -0.2) is 0 Å². The van der Waals surface area contributed by atoms with Crippen molar-refractivity contribution in [1.82, 2.24) is 0 Å². The zero-order valence-corrected chi connectivity index (χ0v) is 10.6. The van der Waals surface area contributed by atoms with E-state index >= 15 is 0 Å². The highest BCUT2D eigenvalue weighted by molar-refractivity contribution is 5.44. The standard InChI is InChI=1S/C14H21NO/c1-5-14(3,4)10-6-7-12-11(8-10)13(15)9(2)16-12/h6-9,13H,5,15H2,1-4H3. The third-order valence-electron chi connectivity index (χ3n) is 3.85. The molecule has 2 unspecified atom stereocenters. The summed E-state index contributed by atoms with van der Waals surface area (Å²) in [7, 11) is 0. The van der Waals surface area contributed by atoms with Crippen LogP contribution in [0, 0.1) is 0 Å². The van der Waals surface area contributed by atoms with E-state index in [9.17, 15) is 0 Å². The number of nitrogens with two attached hydrogens (primary N) is 1. The van der Waals surface area contributed by atoms with Crippen LogP contribution in [0.5, 0.6) is 5.75 Å². The summed E-state index contributed by atoms with van der Waals surface area (Å²) in [5.74, 6) is 0.954. The molecule has 0 amide bonds. The van der Waals surface area contributed by atoms with Gasteiger partial charge >= 0.3 is 0 Å². The summed E-state index contributed by atoms with van der Waals surface area (Å²) < 4.78 is 5.70. The summed E-state index contributed by atoms with van der Waals surface area (Å²) in [6.45, 7) is 8.76. The van der Waals surface area contributed by atoms with Crippen LogP contribution in [0.25, 0.3) is 0 Å². The summed E-state index contributed by atoms with van der Waals surface area (Å²) in [5.41, 5.74) is 8.84. The summed E-state index contributed by atoms with van der Waals surface area (Å²) in [5, 5.41) is 0. The average Bonchev–Trinajstić information content (AvgIpc) is 2.55. The van der Waals surface area contributed by atoms with Crippen LogP contribution in [-0.2, 0) is 5.41 Å². The van der Waals surface area contributed by atoms with Gasteiger partial charge < -0.3 is 10.5 Å². The fourth-order valence-electron chi connectivity index (χ4n) is 2.07. The van der Waals surface area contributed by atoms with Gasteiger partial charge in [0.05, 0.1) is 6.04 Å². The number of hydrogen-bond acceptors (Lipinski definition) is 2. The molecule has 1 aromatic rings. The summed E-state index contributed by atoms with van der Waals surface area (Å²) in [4.78, 5) is 0. The zero-order chi connectivity index (χ0) is 11.9. The lowest BCUT2D eigenvalue weighted by molar-refractivity contribution is 0.228. The van der Waals surface area contributed by atoms with E-state index in [1.807, 2.05) is 6.92 Å². The molecule has 0 radical (unpaired) electrons. The van der Waals surface area contributed by atoms with Gasteiger partial charge in [0.25, 0.3) is 0 Å². The molecule has 2 heteroatoms. The predicted octanol–water partition coefficient (Wildman–Crippen LogP) is 3.15. The van der Waals surface area contributed by atoms with E-state index < -0.39 is 0 Å². The maximum Gasteiger partial charge on any atom is 0.124 e. The van der Waals surface area contributed by atoms with Crippen LogP contribution in [0.2, 0.25) is 0 Å². The normalized spacial score (nSPS) is 24.1. The second kappa shape index (κ2) is 3.77. The van der Waals surface area contributed by atoms with E-state index in [1.54, 1.807) is 0 Å². The van der Waals surface area contributed by atoms with Gasteiger partial charge in [0.1, 0.15) is 11.9 Å². The average molecular weight is 219 g/mol. The van der Waals surface area contributed by atoms with E-state index in [-0.39, 0.29) is 17.6 Å². The molecule has 88 valence electrons. The van der Waals surface area contributed by atoms with Crippen LogP contribution in [0.1, 0.15) is 51.3 Å². The fraction of sp³-hybridized carbons (Fsp3) is 0.571. The smallest absolute Gasteiger partial charge is 0.124 e. The predicted molar refractivity (Wildman–Crippen MR) is 66.8 cm³/mol. The van der Waals surface area contributed by atoms with Gasteiger partial charge in [-0.15, -0.1) is 0 Å². The van der Waals surface area contributed by atoms with E-state index in [0.29, 0.717) is 0 Å². The minimum absolute atomic E-state index is 0.0163. The minimum Gasteiger partial charge on any atom is -0.488 e. The summed E-state index contributed by atoms with van der Waals surface area (Å²) >= 11 is 0. The molecule has 0 aromatic heterocycles. The maximum atomic E-state index is 6.12. The molecule has 0 saturated carbocycles. The van der Waals surface area contributed by atoms with Crippen molar-refractivity contribution in [2.24, 2.45) is 5.73 Å². The Morgan fingerprint density at radius 2 is 2.06 bits per heavy atom. The van der Waals surface area contributed by atoms with Crippen molar-refractivity contribution in [3.63, 3.8) is 0 Å². The molecule has 1 aliphatic rings. The fourth-order valence-corrected chi connectivity index (χ4v) is 2.07. The van der Waals surface area contributed by atoms with Crippen LogP contribution in [0.3, 0.4) is 0 Å². The third-order valence-corrected chi connectivity index (χ3v) is 3.85. The molecule has 0 saturated heterocycles. The molecular formula is C14H21NO. The van der Waals surface area contributed by atoms with Crippen molar-refractivity contribution >= 4 is 0 Å². The van der Waals surface area contributed by atoms with Crippen molar-refractivity contribution in [2.75, 3.05) is 0 Å². The Morgan fingerprint density at radius 1 is 1.38 bits per heavy atom. The molecule has 1 aliphatic heterocycles. The second-order valence-electron chi connectivity index (χ2n) is 5.34. The summed E-state index contributed by atoms with van der Waals surface area (Å²) in [6.07, 6.45) is 1.22. The van der Waals surface area contributed by atoms with Crippen molar-refractivity contribution in [1.29, 1.82) is 0 Å². The molecule has 0 fully saturated rings. The van der Waals surface area contributed by atoms with E-state index in [0.717, 1.165) is 17.7 Å². The Balaban J connectivity index is 2.41. The topological polar surface area (TPSA) is 35.2 Å². The van der Waals surface area contributed by atoms with Gasteiger partial charge in [-0.2, -0.15) is 0 Å². The number of benzene rings is 1. The van der Waals surface area contributed by atoms with E-state index in [2.05, 4.69) is 39.0 Å². The Kier molecular flexibility index (Phi) is 2.70. The molecule has 2 rings (SSSR count). The quantitative estimate of drug-likeness (QED) is 0.829. The lowest BCUT2D eigenvalue weighted by Crippen LogP contribution is -2.22. The van der Waals surface area contributed by atoms with Gasteiger partial charge in [-0.1, -0.05) is 26.8 Å². The zero-order valence-electron chi connectivity index (χ0n) is 10.6. The monoisotopic (exact) mass is 219 g/mol. The Hall–Kier alpha value is -1.02. The first-order valence-corrected chi connectivity index (χ1v) is 6.02. The Bertz CT molecular complexity index is 398. The van der Waals surface area contributed by atoms with Crippen molar-refractivity contribution < 1.29 is 4.74 Å². The lowest BCUT2D eigenvalue weighted by Gasteiger charge is -2.24. The lowest BCUT2D eigenvalue weighted by atomic mass is 9.81. The maximum absolute atomic E-state index is 6.12. The highest BCUT2D eigenvalue weighted by Crippen LogP contribution is 2.38. The highest BCUT2D eigenvalue weighted by atomic mass is 16.5. The van der Waals surface area contributed by atoms with Gasteiger partial charge in [0.2, 0.25) is 0 Å². The minimum atomic E-state index is 0.0163. The largest absolute Gasteiger partial charge is 0.488 e. The van der Waals surface area contributed by atoms with Gasteiger partial charge in [0.15, 0.2) is 0 Å². The van der Waals surface area contributed by atoms with Crippen LogP contribution in [-0.4, -0.2) is 6.10 Å². The first-order chi connectivity index (χ1) is 7.45. The number of rotatable bonds is 2. The number of fused-ring (bicyclic) bond motifs is 1. The molecule has 16 heavy (non-hydrogen) atoms. The SMILES string of the molecule is CCC(C)(C)c1ccc2c(c1)C(N)C(C)O2. The van der Waals surface area contributed by atoms with E-state index in [4.69, 9.17) is 10.5 Å². The van der Waals surface area contributed by atoms with Gasteiger partial charge in [-0.05, 0) is 36.5 Å². The molecule has 0 aliphatic carbocycles. The molecule has 2 nitrogen and oxygen atoms in total. The van der Waals surface area contributed by atoms with Crippen molar-refractivity contribution in [3.05, 3.63) is 29.3 Å². The second-order valence-corrected chi connectivity index (χ2v) is 5.34. The van der Waals surface area contributed by atoms with Crippen LogP contribution in [0.15, 0.2) is 18.2 Å². The molecule has 1 heterocycles. The highest BCUT2D eigenvalue weighted by Gasteiger charge is 2.29. The molecule has 2 atom stereocenters. The molecule has 0 bridgehead atoms. The van der Waals surface area contributed by atoms with Crippen molar-refractivity contribution in [2.45, 2.75) is 51.7 Å². The van der Waals surface area contributed by atoms with Crippen LogP contribution in [0.4, 0.5) is 0 Å². The van der Waals surface area contributed by atoms with Crippen molar-refractivity contribution in [3.8, 4) is 5.75 Å². The third kappa shape index (κ3) is 1.71. The first kappa shape index (κ1) is 11.5. The molecule has 0 spiro atoms. The van der Waals surface area contributed by atoms with Crippen LogP contribution >= 0.6 is 0 Å². The molecule has 2 N–H and O–H groups in total.